The Labute approximate surface area is 91.4 Å². The van der Waals surface area contributed by atoms with Crippen molar-refractivity contribution in [2.45, 2.75) is 40.0 Å². The van der Waals surface area contributed by atoms with Gasteiger partial charge in [-0.2, -0.15) is 0 Å². The highest BCUT2D eigenvalue weighted by Gasteiger charge is 2.57. The van der Waals surface area contributed by atoms with E-state index in [0.29, 0.717) is 0 Å². The summed E-state index contributed by atoms with van der Waals surface area (Å²) in [6.45, 7) is 6.79. The maximum absolute atomic E-state index is 7.54. The topological polar surface area (TPSA) is 45.4 Å². The largest absolute Gasteiger partial charge is 0.467 e. The van der Waals surface area contributed by atoms with Crippen LogP contribution >= 0.6 is 0 Å². The summed E-state index contributed by atoms with van der Waals surface area (Å²) in [6.07, 6.45) is 3.76. The highest BCUT2D eigenvalue weighted by Crippen LogP contribution is 2.60. The van der Waals surface area contributed by atoms with Gasteiger partial charge in [-0.25, -0.2) is 10.4 Å². The zero-order chi connectivity index (χ0) is 11.3. The molecule has 3 heteroatoms. The summed E-state index contributed by atoms with van der Waals surface area (Å²) in [5.74, 6) is 0.742. The molecule has 0 amide bonds. The van der Waals surface area contributed by atoms with Crippen LogP contribution in [0.3, 0.4) is 0 Å². The molecule has 2 aliphatic rings. The van der Waals surface area contributed by atoms with Gasteiger partial charge in [0.15, 0.2) is 0 Å². The summed E-state index contributed by atoms with van der Waals surface area (Å²) >= 11 is 0. The van der Waals surface area contributed by atoms with Gasteiger partial charge in [-0.15, -0.1) is 0 Å². The number of nitrogens with one attached hydrogen (secondary N) is 1. The minimum absolute atomic E-state index is 0.0480. The fourth-order valence-corrected chi connectivity index (χ4v) is 3.47. The SMILES string of the molecule is COC(=N)/N=C1/C(C)(C)[C@H]2CC[C@]1(C)C2. The Balaban J connectivity index is 2.38. The predicted molar refractivity (Wildman–Crippen MR) is 61.4 cm³/mol. The molecule has 3 nitrogen and oxygen atoms in total. The van der Waals surface area contributed by atoms with E-state index in [1.807, 2.05) is 0 Å². The summed E-state index contributed by atoms with van der Waals surface area (Å²) in [5, 5.41) is 7.54. The predicted octanol–water partition coefficient (Wildman–Crippen LogP) is 2.85. The lowest BCUT2D eigenvalue weighted by atomic mass is 9.71. The summed E-state index contributed by atoms with van der Waals surface area (Å²) in [5.41, 5.74) is 1.55. The van der Waals surface area contributed by atoms with Crippen LogP contribution in [0, 0.1) is 22.2 Å². The Bertz CT molecular complexity index is 326. The Morgan fingerprint density at radius 1 is 1.47 bits per heavy atom. The Kier molecular flexibility index (Phi) is 2.18. The van der Waals surface area contributed by atoms with Gasteiger partial charge in [0.25, 0.3) is 0 Å². The van der Waals surface area contributed by atoms with Gasteiger partial charge in [-0.1, -0.05) is 20.8 Å². The molecular weight excluding hydrogens is 188 g/mol. The van der Waals surface area contributed by atoms with Crippen molar-refractivity contribution in [1.29, 1.82) is 5.41 Å². The van der Waals surface area contributed by atoms with Crippen molar-refractivity contribution < 1.29 is 4.74 Å². The average Bonchev–Trinajstić information content (AvgIpc) is 2.63. The molecule has 0 spiro atoms. The van der Waals surface area contributed by atoms with Gasteiger partial charge in [-0.3, -0.25) is 0 Å². The first kappa shape index (κ1) is 10.7. The highest BCUT2D eigenvalue weighted by atomic mass is 16.5. The molecule has 2 saturated carbocycles. The monoisotopic (exact) mass is 208 g/mol. The van der Waals surface area contributed by atoms with Gasteiger partial charge in [0.05, 0.1) is 7.11 Å². The number of amidine groups is 1. The molecule has 1 N–H and O–H groups in total. The summed E-state index contributed by atoms with van der Waals surface area (Å²) in [6, 6.07) is 0.0480. The Morgan fingerprint density at radius 2 is 2.13 bits per heavy atom. The minimum atomic E-state index is 0.0480. The first-order valence-electron chi connectivity index (χ1n) is 5.62. The van der Waals surface area contributed by atoms with Crippen LogP contribution in [0.5, 0.6) is 0 Å². The van der Waals surface area contributed by atoms with Gasteiger partial charge in [0, 0.05) is 16.5 Å². The molecule has 0 aliphatic heterocycles. The van der Waals surface area contributed by atoms with Crippen LogP contribution in [-0.2, 0) is 4.74 Å². The molecule has 15 heavy (non-hydrogen) atoms. The summed E-state index contributed by atoms with van der Waals surface area (Å²) < 4.78 is 4.85. The van der Waals surface area contributed by atoms with Crippen molar-refractivity contribution in [3.63, 3.8) is 0 Å². The molecule has 0 saturated heterocycles. The smallest absolute Gasteiger partial charge is 0.308 e. The quantitative estimate of drug-likeness (QED) is 0.483. The maximum atomic E-state index is 7.54. The standard InChI is InChI=1S/C12H20N2O/c1-11(2)8-5-6-12(3,7-8)9(11)14-10(13)15-4/h8,13H,5-7H2,1-4H3/b13-10?,14-9-/t8-,12+/m0/s1. The van der Waals surface area contributed by atoms with Crippen molar-refractivity contribution in [3.8, 4) is 0 Å². The van der Waals surface area contributed by atoms with Crippen LogP contribution in [0.4, 0.5) is 0 Å². The summed E-state index contributed by atoms with van der Waals surface area (Å²) in [7, 11) is 1.51. The fourth-order valence-electron chi connectivity index (χ4n) is 3.47. The lowest BCUT2D eigenvalue weighted by Gasteiger charge is -2.35. The van der Waals surface area contributed by atoms with Crippen molar-refractivity contribution >= 4 is 11.7 Å². The molecule has 84 valence electrons. The van der Waals surface area contributed by atoms with E-state index in [9.17, 15) is 0 Å². The second kappa shape index (κ2) is 3.06. The van der Waals surface area contributed by atoms with E-state index in [4.69, 9.17) is 10.1 Å². The second-order valence-electron chi connectivity index (χ2n) is 5.69. The zero-order valence-electron chi connectivity index (χ0n) is 10.1. The van der Waals surface area contributed by atoms with Crippen molar-refractivity contribution in [3.05, 3.63) is 0 Å². The van der Waals surface area contributed by atoms with Crippen LogP contribution in [-0.4, -0.2) is 18.8 Å². The molecular formula is C12H20N2O. The molecule has 2 rings (SSSR count). The number of hydrogen-bond donors (Lipinski definition) is 1. The van der Waals surface area contributed by atoms with E-state index in [0.717, 1.165) is 5.92 Å². The maximum Gasteiger partial charge on any atom is 0.308 e. The minimum Gasteiger partial charge on any atom is -0.467 e. The van der Waals surface area contributed by atoms with E-state index in [1.165, 1.54) is 32.1 Å². The van der Waals surface area contributed by atoms with Gasteiger partial charge in [0.1, 0.15) is 0 Å². The fraction of sp³-hybridized carbons (Fsp3) is 0.833. The van der Waals surface area contributed by atoms with Crippen LogP contribution in [0.2, 0.25) is 0 Å². The highest BCUT2D eigenvalue weighted by molar-refractivity contribution is 6.03. The number of aliphatic imine (C=N–C) groups is 1. The molecule has 2 atom stereocenters. The third-order valence-electron chi connectivity index (χ3n) is 4.35. The number of fused-ring (bicyclic) bond motifs is 2. The molecule has 0 heterocycles. The van der Waals surface area contributed by atoms with E-state index in [2.05, 4.69) is 25.8 Å². The third kappa shape index (κ3) is 1.40. The van der Waals surface area contributed by atoms with Gasteiger partial charge < -0.3 is 4.74 Å². The molecule has 2 fully saturated rings. The zero-order valence-corrected chi connectivity index (χ0v) is 10.1. The molecule has 2 aliphatic carbocycles. The first-order valence-corrected chi connectivity index (χ1v) is 5.62. The number of hydrogen-bond acceptors (Lipinski definition) is 2. The molecule has 2 bridgehead atoms. The van der Waals surface area contributed by atoms with Crippen LogP contribution < -0.4 is 0 Å². The third-order valence-corrected chi connectivity index (χ3v) is 4.35. The van der Waals surface area contributed by atoms with Crippen LogP contribution in [0.25, 0.3) is 0 Å². The lowest BCUT2D eigenvalue weighted by molar-refractivity contribution is 0.331. The van der Waals surface area contributed by atoms with E-state index < -0.39 is 0 Å². The van der Waals surface area contributed by atoms with Crippen molar-refractivity contribution in [2.24, 2.45) is 21.7 Å². The van der Waals surface area contributed by atoms with Crippen molar-refractivity contribution in [2.75, 3.05) is 7.11 Å². The molecule has 0 aromatic heterocycles. The lowest BCUT2D eigenvalue weighted by Crippen LogP contribution is -2.36. The number of rotatable bonds is 0. The Morgan fingerprint density at radius 3 is 2.60 bits per heavy atom. The molecule has 0 aromatic rings. The second-order valence-corrected chi connectivity index (χ2v) is 5.69. The van der Waals surface area contributed by atoms with Gasteiger partial charge in [0.2, 0.25) is 0 Å². The van der Waals surface area contributed by atoms with E-state index >= 15 is 0 Å². The number of methoxy groups -OCH3 is 1. The van der Waals surface area contributed by atoms with Crippen molar-refractivity contribution in [1.82, 2.24) is 0 Å². The molecule has 0 radical (unpaired) electrons. The summed E-state index contributed by atoms with van der Waals surface area (Å²) in [4.78, 5) is 4.38. The van der Waals surface area contributed by atoms with E-state index in [-0.39, 0.29) is 16.9 Å². The van der Waals surface area contributed by atoms with Crippen LogP contribution in [0.15, 0.2) is 4.99 Å². The van der Waals surface area contributed by atoms with Gasteiger partial charge >= 0.3 is 6.02 Å². The molecule has 0 aromatic carbocycles. The average molecular weight is 208 g/mol. The number of ether oxygens (including phenoxy) is 1. The van der Waals surface area contributed by atoms with Gasteiger partial charge in [-0.05, 0) is 25.2 Å². The normalized spacial score (nSPS) is 39.7. The molecule has 0 unspecified atom stereocenters. The number of nitrogens with zero attached hydrogens (tertiary/aromatic N) is 1. The van der Waals surface area contributed by atoms with E-state index in [1.54, 1.807) is 0 Å². The Hall–Kier alpha value is -0.860. The van der Waals surface area contributed by atoms with Crippen LogP contribution in [0.1, 0.15) is 40.0 Å². The first-order chi connectivity index (χ1) is 6.90.